The van der Waals surface area contributed by atoms with E-state index in [2.05, 4.69) is 4.98 Å². The van der Waals surface area contributed by atoms with Crippen LogP contribution in [0.4, 0.5) is 0 Å². The first kappa shape index (κ1) is 11.2. The van der Waals surface area contributed by atoms with Crippen LogP contribution in [0.3, 0.4) is 0 Å². The lowest BCUT2D eigenvalue weighted by Gasteiger charge is -2.02. The fourth-order valence-corrected chi connectivity index (χ4v) is 1.75. The zero-order valence-electron chi connectivity index (χ0n) is 9.20. The van der Waals surface area contributed by atoms with E-state index in [9.17, 15) is 0 Å². The van der Waals surface area contributed by atoms with Crippen molar-refractivity contribution in [2.24, 2.45) is 5.73 Å². The second-order valence-corrected chi connectivity index (χ2v) is 4.25. The molecule has 2 rings (SSSR count). The second kappa shape index (κ2) is 4.28. The summed E-state index contributed by atoms with van der Waals surface area (Å²) >= 11 is 5.89. The van der Waals surface area contributed by atoms with Gasteiger partial charge in [-0.25, -0.2) is 4.98 Å². The van der Waals surface area contributed by atoms with Gasteiger partial charge in [0.25, 0.3) is 0 Å². The molecule has 0 amide bonds. The molecule has 1 heterocycles. The zero-order chi connectivity index (χ0) is 11.7. The average molecular weight is 237 g/mol. The summed E-state index contributed by atoms with van der Waals surface area (Å²) in [5, 5.41) is 0.716. The smallest absolute Gasteiger partial charge is 0.211 e. The average Bonchev–Trinajstić information content (AvgIpc) is 2.66. The number of rotatable bonds is 2. The zero-order valence-corrected chi connectivity index (χ0v) is 9.95. The molecular formula is C12H13ClN2O. The highest BCUT2D eigenvalue weighted by molar-refractivity contribution is 6.30. The molecule has 0 aliphatic carbocycles. The van der Waals surface area contributed by atoms with E-state index in [4.69, 9.17) is 21.8 Å². The molecule has 4 heteroatoms. The minimum Gasteiger partial charge on any atom is -0.439 e. The van der Waals surface area contributed by atoms with Crippen molar-refractivity contribution >= 4 is 11.6 Å². The molecule has 0 radical (unpaired) electrons. The molecule has 1 atom stereocenters. The highest BCUT2D eigenvalue weighted by Gasteiger charge is 2.11. The Hall–Kier alpha value is -1.32. The summed E-state index contributed by atoms with van der Waals surface area (Å²) in [5.41, 5.74) is 7.73. The first-order valence-electron chi connectivity index (χ1n) is 5.06. The largest absolute Gasteiger partial charge is 0.439 e. The first-order valence-corrected chi connectivity index (χ1v) is 5.43. The van der Waals surface area contributed by atoms with E-state index < -0.39 is 0 Å². The summed E-state index contributed by atoms with van der Waals surface area (Å²) in [6.45, 7) is 3.82. The minimum atomic E-state index is -0.193. The van der Waals surface area contributed by atoms with Crippen molar-refractivity contribution < 1.29 is 4.42 Å². The Morgan fingerprint density at radius 1 is 1.44 bits per heavy atom. The molecule has 1 aromatic heterocycles. The van der Waals surface area contributed by atoms with Gasteiger partial charge in [0.05, 0.1) is 12.2 Å². The molecule has 0 aliphatic rings. The number of nitrogens with zero attached hydrogens (tertiary/aromatic N) is 1. The van der Waals surface area contributed by atoms with E-state index in [0.29, 0.717) is 10.9 Å². The maximum absolute atomic E-state index is 5.89. The quantitative estimate of drug-likeness (QED) is 0.870. The minimum absolute atomic E-state index is 0.193. The van der Waals surface area contributed by atoms with E-state index >= 15 is 0 Å². The van der Waals surface area contributed by atoms with Gasteiger partial charge in [0.15, 0.2) is 5.76 Å². The summed E-state index contributed by atoms with van der Waals surface area (Å²) in [6.07, 6.45) is 1.69. The van der Waals surface area contributed by atoms with E-state index in [-0.39, 0.29) is 6.04 Å². The van der Waals surface area contributed by atoms with Crippen LogP contribution >= 0.6 is 11.6 Å². The number of nitrogens with two attached hydrogens (primary N) is 1. The fourth-order valence-electron chi connectivity index (χ4n) is 1.53. The number of aryl methyl sites for hydroxylation is 1. The van der Waals surface area contributed by atoms with Gasteiger partial charge in [-0.1, -0.05) is 11.6 Å². The molecule has 2 N–H and O–H groups in total. The van der Waals surface area contributed by atoms with Gasteiger partial charge in [-0.05, 0) is 37.6 Å². The molecule has 0 aliphatic heterocycles. The van der Waals surface area contributed by atoms with Gasteiger partial charge in [-0.15, -0.1) is 0 Å². The van der Waals surface area contributed by atoms with E-state index in [0.717, 1.165) is 16.9 Å². The molecular weight excluding hydrogens is 224 g/mol. The normalized spacial score (nSPS) is 12.8. The standard InChI is InChI=1S/C12H13ClN2O/c1-7-5-9(13)3-4-10(7)11-6-15-12(16-11)8(2)14/h3-6,8H,14H2,1-2H3. The first-order chi connectivity index (χ1) is 7.58. The van der Waals surface area contributed by atoms with E-state index in [1.807, 2.05) is 32.0 Å². The lowest BCUT2D eigenvalue weighted by atomic mass is 10.1. The Labute approximate surface area is 99.2 Å². The van der Waals surface area contributed by atoms with Crippen LogP contribution in [0.25, 0.3) is 11.3 Å². The van der Waals surface area contributed by atoms with Crippen LogP contribution in [-0.4, -0.2) is 4.98 Å². The van der Waals surface area contributed by atoms with Crippen molar-refractivity contribution in [2.75, 3.05) is 0 Å². The number of oxazole rings is 1. The predicted octanol–water partition coefficient (Wildman–Crippen LogP) is 3.32. The number of halogens is 1. The number of aromatic nitrogens is 1. The molecule has 84 valence electrons. The number of benzene rings is 1. The summed E-state index contributed by atoms with van der Waals surface area (Å²) in [6, 6.07) is 5.45. The van der Waals surface area contributed by atoms with Gasteiger partial charge >= 0.3 is 0 Å². The third kappa shape index (κ3) is 2.10. The van der Waals surface area contributed by atoms with E-state index in [1.54, 1.807) is 6.20 Å². The highest BCUT2D eigenvalue weighted by atomic mass is 35.5. The van der Waals surface area contributed by atoms with Gasteiger partial charge in [0.1, 0.15) is 0 Å². The van der Waals surface area contributed by atoms with Crippen LogP contribution < -0.4 is 5.73 Å². The molecule has 0 bridgehead atoms. The molecule has 0 spiro atoms. The van der Waals surface area contributed by atoms with Crippen LogP contribution in [0.5, 0.6) is 0 Å². The van der Waals surface area contributed by atoms with Gasteiger partial charge < -0.3 is 10.2 Å². The Morgan fingerprint density at radius 3 is 2.75 bits per heavy atom. The Morgan fingerprint density at radius 2 is 2.19 bits per heavy atom. The molecule has 16 heavy (non-hydrogen) atoms. The molecule has 0 saturated heterocycles. The topological polar surface area (TPSA) is 52.0 Å². The van der Waals surface area contributed by atoms with Gasteiger partial charge in [-0.2, -0.15) is 0 Å². The Balaban J connectivity index is 2.42. The highest BCUT2D eigenvalue weighted by Crippen LogP contribution is 2.27. The van der Waals surface area contributed by atoms with Gasteiger partial charge in [-0.3, -0.25) is 0 Å². The SMILES string of the molecule is Cc1cc(Cl)ccc1-c1cnc(C(C)N)o1. The molecule has 1 unspecified atom stereocenters. The molecule has 0 saturated carbocycles. The number of hydrogen-bond acceptors (Lipinski definition) is 3. The van der Waals surface area contributed by atoms with Crippen LogP contribution in [0.2, 0.25) is 5.02 Å². The van der Waals surface area contributed by atoms with Crippen molar-refractivity contribution in [1.82, 2.24) is 4.98 Å². The summed E-state index contributed by atoms with van der Waals surface area (Å²) < 4.78 is 5.57. The predicted molar refractivity (Wildman–Crippen MR) is 64.3 cm³/mol. The lowest BCUT2D eigenvalue weighted by Crippen LogP contribution is -2.04. The van der Waals surface area contributed by atoms with Crippen molar-refractivity contribution in [2.45, 2.75) is 19.9 Å². The molecule has 0 fully saturated rings. The van der Waals surface area contributed by atoms with Crippen molar-refractivity contribution in [3.8, 4) is 11.3 Å². The summed E-state index contributed by atoms with van der Waals surface area (Å²) in [5.74, 6) is 1.27. The Bertz CT molecular complexity index is 505. The second-order valence-electron chi connectivity index (χ2n) is 3.81. The number of hydrogen-bond donors (Lipinski definition) is 1. The van der Waals surface area contributed by atoms with Gasteiger partial charge in [0.2, 0.25) is 5.89 Å². The summed E-state index contributed by atoms with van der Waals surface area (Å²) in [4.78, 5) is 4.13. The Kier molecular flexibility index (Phi) is 2.99. The third-order valence-corrected chi connectivity index (χ3v) is 2.60. The van der Waals surface area contributed by atoms with Crippen LogP contribution in [0.1, 0.15) is 24.4 Å². The monoisotopic (exact) mass is 236 g/mol. The summed E-state index contributed by atoms with van der Waals surface area (Å²) in [7, 11) is 0. The molecule has 2 aromatic rings. The fraction of sp³-hybridized carbons (Fsp3) is 0.250. The van der Waals surface area contributed by atoms with Crippen molar-refractivity contribution in [3.05, 3.63) is 40.9 Å². The van der Waals surface area contributed by atoms with Crippen LogP contribution in [-0.2, 0) is 0 Å². The van der Waals surface area contributed by atoms with Gasteiger partial charge in [0, 0.05) is 10.6 Å². The van der Waals surface area contributed by atoms with Crippen LogP contribution in [0, 0.1) is 6.92 Å². The molecule has 3 nitrogen and oxygen atoms in total. The van der Waals surface area contributed by atoms with E-state index in [1.165, 1.54) is 0 Å². The maximum atomic E-state index is 5.89. The maximum Gasteiger partial charge on any atom is 0.211 e. The third-order valence-electron chi connectivity index (χ3n) is 2.37. The van der Waals surface area contributed by atoms with Crippen molar-refractivity contribution in [1.29, 1.82) is 0 Å². The van der Waals surface area contributed by atoms with Crippen molar-refractivity contribution in [3.63, 3.8) is 0 Å². The van der Waals surface area contributed by atoms with Crippen LogP contribution in [0.15, 0.2) is 28.8 Å². The molecule has 1 aromatic carbocycles. The lowest BCUT2D eigenvalue weighted by molar-refractivity contribution is 0.473.